The molecule has 6 atom stereocenters. The van der Waals surface area contributed by atoms with Crippen LogP contribution < -0.4 is 9.47 Å². The quantitative estimate of drug-likeness (QED) is 0.0337. The first-order valence-corrected chi connectivity index (χ1v) is 21.6. The lowest BCUT2D eigenvalue weighted by molar-refractivity contribution is -0.384. The van der Waals surface area contributed by atoms with Gasteiger partial charge in [-0.15, -0.1) is 6.58 Å². The van der Waals surface area contributed by atoms with E-state index in [4.69, 9.17) is 28.9 Å². The number of hydrogen-bond acceptors (Lipinski definition) is 12. The summed E-state index contributed by atoms with van der Waals surface area (Å²) in [5.41, 5.74) is 3.62. The first-order valence-electron chi connectivity index (χ1n) is 21.6. The van der Waals surface area contributed by atoms with E-state index in [-0.39, 0.29) is 62.8 Å². The van der Waals surface area contributed by atoms with Crippen molar-refractivity contribution in [1.29, 1.82) is 0 Å². The smallest absolute Gasteiger partial charge is 0.410 e. The Kier molecular flexibility index (Phi) is 14.9. The summed E-state index contributed by atoms with van der Waals surface area (Å²) in [7, 11) is 1.31. The summed E-state index contributed by atoms with van der Waals surface area (Å²) in [5.74, 6) is -1.49. The van der Waals surface area contributed by atoms with Crippen molar-refractivity contribution in [2.24, 2.45) is 22.9 Å². The first kappa shape index (κ1) is 44.7. The van der Waals surface area contributed by atoms with Crippen molar-refractivity contribution in [3.8, 4) is 11.5 Å². The number of hydrogen-bond donors (Lipinski definition) is 2. The summed E-state index contributed by atoms with van der Waals surface area (Å²) in [6, 6.07) is 17.0. The lowest BCUT2D eigenvalue weighted by Crippen LogP contribution is -2.70. The van der Waals surface area contributed by atoms with E-state index in [9.17, 15) is 29.5 Å². The number of fused-ring (bicyclic) bond motifs is 2. The number of unbranched alkanes of at least 4 members (excludes halogenated alkanes) is 2. The minimum absolute atomic E-state index is 0.000812. The third-order valence-electron chi connectivity index (χ3n) is 12.5. The van der Waals surface area contributed by atoms with Crippen molar-refractivity contribution >= 4 is 17.5 Å². The number of aliphatic hydroxyl groups is 2. The maximum absolute atomic E-state index is 14.2. The van der Waals surface area contributed by atoms with Crippen LogP contribution in [0.1, 0.15) is 67.6 Å². The second-order valence-corrected chi connectivity index (χ2v) is 16.4. The van der Waals surface area contributed by atoms with Crippen LogP contribution in [0.3, 0.4) is 0 Å². The van der Waals surface area contributed by atoms with E-state index >= 15 is 0 Å². The van der Waals surface area contributed by atoms with Gasteiger partial charge in [-0.1, -0.05) is 42.3 Å². The zero-order chi connectivity index (χ0) is 43.6. The number of carbonyl (C=O) groups is 1. The monoisotopic (exact) mass is 856 g/mol. The van der Waals surface area contributed by atoms with Gasteiger partial charge in [0, 0.05) is 69.4 Å². The van der Waals surface area contributed by atoms with E-state index in [0.29, 0.717) is 47.8 Å². The van der Waals surface area contributed by atoms with Crippen molar-refractivity contribution in [2.45, 2.75) is 75.8 Å². The number of halogens is 1. The highest BCUT2D eigenvalue weighted by Gasteiger charge is 2.65. The average Bonchev–Trinajstić information content (AvgIpc) is 4.11. The number of nitro benzene ring substituents is 1. The zero-order valence-electron chi connectivity index (χ0n) is 35.2. The molecule has 7 rings (SSSR count). The minimum atomic E-state index is -1.53. The van der Waals surface area contributed by atoms with Crippen LogP contribution in [0.5, 0.6) is 11.5 Å². The summed E-state index contributed by atoms with van der Waals surface area (Å²) < 4.78 is 40.3. The van der Waals surface area contributed by atoms with Crippen LogP contribution in [0.2, 0.25) is 0 Å². The van der Waals surface area contributed by atoms with Gasteiger partial charge in [0.25, 0.3) is 5.69 Å². The van der Waals surface area contributed by atoms with E-state index in [2.05, 4.69) is 23.6 Å². The summed E-state index contributed by atoms with van der Waals surface area (Å²) in [6.07, 6.45) is 7.68. The number of amides is 1. The van der Waals surface area contributed by atoms with E-state index in [1.165, 1.54) is 31.4 Å². The Morgan fingerprint density at radius 1 is 1.05 bits per heavy atom. The molecule has 0 spiro atoms. The molecule has 0 radical (unpaired) electrons. The lowest BCUT2D eigenvalue weighted by atomic mass is 9.55. The number of oxime groups is 1. The van der Waals surface area contributed by atoms with Gasteiger partial charge < -0.3 is 34.0 Å². The highest BCUT2D eigenvalue weighted by molar-refractivity contribution is 6.03. The molecule has 1 saturated heterocycles. The second-order valence-electron chi connectivity index (χ2n) is 16.4. The van der Waals surface area contributed by atoms with E-state index in [1.807, 2.05) is 12.1 Å². The third kappa shape index (κ3) is 10.1. The first-order chi connectivity index (χ1) is 30.2. The Morgan fingerprint density at radius 3 is 2.45 bits per heavy atom. The SMILES string of the molecule is C=CCO[C@@]12Oc3ccc(OCCN4CC4)cc3[C@H]3[C@H](CCCCO)[C@@H](CCCCO)C=C(C(=NOCc4ccc([N+](=O)[O-])cc4)C[C@@H]1N(Cc1ccc(F)cc1)C(=O)OC)[C@H]32. The molecular formula is C47H57FN4O10. The van der Waals surface area contributed by atoms with Gasteiger partial charge in [-0.05, 0) is 96.7 Å². The summed E-state index contributed by atoms with van der Waals surface area (Å²) >= 11 is 0. The van der Waals surface area contributed by atoms with Gasteiger partial charge in [0.1, 0.15) is 36.6 Å². The van der Waals surface area contributed by atoms with Crippen molar-refractivity contribution in [3.63, 3.8) is 0 Å². The van der Waals surface area contributed by atoms with Crippen molar-refractivity contribution in [1.82, 2.24) is 9.80 Å². The Balaban J connectivity index is 1.40. The Labute approximate surface area is 361 Å². The van der Waals surface area contributed by atoms with Crippen LogP contribution in [-0.4, -0.2) is 102 Å². The number of aliphatic hydroxyl groups excluding tert-OH is 2. The summed E-state index contributed by atoms with van der Waals surface area (Å²) in [4.78, 5) is 35.0. The summed E-state index contributed by atoms with van der Waals surface area (Å²) in [5, 5.41) is 36.0. The molecule has 0 unspecified atom stereocenters. The lowest BCUT2D eigenvalue weighted by Gasteiger charge is -2.59. The number of rotatable bonds is 22. The summed E-state index contributed by atoms with van der Waals surface area (Å²) in [6.45, 7) is 7.69. The highest BCUT2D eigenvalue weighted by Crippen LogP contribution is 2.62. The molecule has 3 aromatic carbocycles. The number of nitrogens with zero attached hydrogens (tertiary/aromatic N) is 4. The predicted octanol–water partition coefficient (Wildman–Crippen LogP) is 7.53. The highest BCUT2D eigenvalue weighted by atomic mass is 19.1. The van der Waals surface area contributed by atoms with Crippen LogP contribution in [0.4, 0.5) is 14.9 Å². The van der Waals surface area contributed by atoms with E-state index in [0.717, 1.165) is 56.5 Å². The second kappa shape index (κ2) is 20.7. The molecule has 14 nitrogen and oxygen atoms in total. The molecule has 1 amide bonds. The van der Waals surface area contributed by atoms with Crippen LogP contribution in [0.15, 0.2) is 96.2 Å². The number of carbonyl (C=O) groups excluding carboxylic acids is 1. The molecule has 1 saturated carbocycles. The number of nitro groups is 1. The third-order valence-corrected chi connectivity index (χ3v) is 12.5. The molecule has 2 aliphatic carbocycles. The number of allylic oxidation sites excluding steroid dienone is 1. The maximum Gasteiger partial charge on any atom is 0.410 e. The van der Waals surface area contributed by atoms with Gasteiger partial charge in [0.05, 0.1) is 30.3 Å². The number of ether oxygens (including phenoxy) is 4. The molecule has 2 N–H and O–H groups in total. The predicted molar refractivity (Wildman–Crippen MR) is 229 cm³/mol. The van der Waals surface area contributed by atoms with Crippen LogP contribution in [-0.2, 0) is 27.5 Å². The molecule has 0 aromatic heterocycles. The number of methoxy groups -OCH3 is 1. The fourth-order valence-corrected chi connectivity index (χ4v) is 9.43. The van der Waals surface area contributed by atoms with Crippen molar-refractivity contribution in [3.05, 3.63) is 124 Å². The van der Waals surface area contributed by atoms with Crippen LogP contribution in [0.25, 0.3) is 0 Å². The molecule has 3 aromatic rings. The number of benzene rings is 3. The molecule has 4 aliphatic rings. The van der Waals surface area contributed by atoms with Gasteiger partial charge >= 0.3 is 6.09 Å². The molecule has 0 bridgehead atoms. The van der Waals surface area contributed by atoms with Crippen LogP contribution >= 0.6 is 0 Å². The topological polar surface area (TPSA) is 165 Å². The van der Waals surface area contributed by atoms with Crippen molar-refractivity contribution in [2.75, 3.05) is 53.2 Å². The molecule has 62 heavy (non-hydrogen) atoms. The Bertz CT molecular complexity index is 2080. The average molecular weight is 857 g/mol. The Hall–Kier alpha value is -5.35. The normalized spacial score (nSPS) is 24.2. The van der Waals surface area contributed by atoms with Gasteiger partial charge in [-0.2, -0.15) is 0 Å². The molecule has 2 heterocycles. The number of non-ortho nitro benzene ring substituents is 1. The van der Waals surface area contributed by atoms with Crippen molar-refractivity contribution < 1.29 is 48.1 Å². The molecule has 2 aliphatic heterocycles. The fraction of sp³-hybridized carbons (Fsp3) is 0.489. The maximum atomic E-state index is 14.2. The van der Waals surface area contributed by atoms with Gasteiger partial charge in [0.2, 0.25) is 5.79 Å². The minimum Gasteiger partial charge on any atom is -0.492 e. The molecule has 2 fully saturated rings. The van der Waals surface area contributed by atoms with E-state index < -0.39 is 34.6 Å². The van der Waals surface area contributed by atoms with Gasteiger partial charge in [-0.3, -0.25) is 19.9 Å². The molecule has 15 heteroatoms. The van der Waals surface area contributed by atoms with E-state index in [1.54, 1.807) is 35.2 Å². The van der Waals surface area contributed by atoms with Crippen LogP contribution in [0, 0.1) is 33.7 Å². The zero-order valence-corrected chi connectivity index (χ0v) is 35.2. The molecular weight excluding hydrogens is 800 g/mol. The largest absolute Gasteiger partial charge is 0.492 e. The van der Waals surface area contributed by atoms with Gasteiger partial charge in [-0.25, -0.2) is 9.18 Å². The fourth-order valence-electron chi connectivity index (χ4n) is 9.43. The Morgan fingerprint density at radius 2 is 1.77 bits per heavy atom. The molecule has 332 valence electrons. The van der Waals surface area contributed by atoms with Gasteiger partial charge in [0.15, 0.2) is 0 Å². The standard InChI is InChI=1S/C47H57FN4O10/c1-3-25-60-47-43(51(46(55)58-2)30-32-10-14-35(48)15-11-32)29-41(49-61-31-33-12-16-36(17-13-33)52(56)57)39-27-34(8-4-6-23-53)38(9-5-7-24-54)44(45(39)47)40-28-37(18-19-42(40)62-47)59-26-22-50-20-21-50/h3,10-19,27-28,34,38,43-45,53-54H,1,4-9,20-26,29-31H2,2H3/t34-,38+,43-,44+,45+,47+/m0/s1.